The molecule has 0 aromatic carbocycles. The minimum atomic E-state index is -0.804. The lowest BCUT2D eigenvalue weighted by atomic mass is 10.0. The van der Waals surface area contributed by atoms with Crippen LogP contribution in [0.3, 0.4) is 0 Å². The fraction of sp³-hybridized carbons (Fsp3) is 0.417. The molecule has 3 heterocycles. The lowest BCUT2D eigenvalue weighted by Crippen LogP contribution is -2.52. The van der Waals surface area contributed by atoms with Crippen molar-refractivity contribution in [3.63, 3.8) is 0 Å². The van der Waals surface area contributed by atoms with Crippen molar-refractivity contribution in [2.75, 3.05) is 12.3 Å². The quantitative estimate of drug-likeness (QED) is 0.834. The van der Waals surface area contributed by atoms with Gasteiger partial charge in [-0.05, 0) is 18.2 Å². The smallest absolute Gasteiger partial charge is 0.353 e. The molecule has 0 saturated carbocycles. The van der Waals surface area contributed by atoms with E-state index in [1.807, 2.05) is 16.4 Å². The summed E-state index contributed by atoms with van der Waals surface area (Å²) in [5, 5.41) is 19.0. The summed E-state index contributed by atoms with van der Waals surface area (Å²) in [6.45, 7) is 0.875. The summed E-state index contributed by atoms with van der Waals surface area (Å²) in [5.74, 6) is 0.200. The fourth-order valence-electron chi connectivity index (χ4n) is 2.21. The highest BCUT2D eigenvalue weighted by atomic mass is 32.2. The van der Waals surface area contributed by atoms with E-state index in [9.17, 15) is 9.90 Å². The Morgan fingerprint density at radius 2 is 2.55 bits per heavy atom. The van der Waals surface area contributed by atoms with Gasteiger partial charge in [-0.25, -0.2) is 4.79 Å². The molecule has 0 amide bonds. The molecule has 0 radical (unpaired) electrons. The first-order valence-corrected chi connectivity index (χ1v) is 8.94. The zero-order valence-electron chi connectivity index (χ0n) is 10.6. The van der Waals surface area contributed by atoms with Gasteiger partial charge in [0, 0.05) is 23.2 Å². The molecule has 1 aromatic heterocycles. The van der Waals surface area contributed by atoms with Crippen molar-refractivity contribution in [1.82, 2.24) is 15.1 Å². The summed E-state index contributed by atoms with van der Waals surface area (Å²) < 4.78 is 0.896. The van der Waals surface area contributed by atoms with Crippen LogP contribution in [0.15, 0.2) is 31.9 Å². The maximum atomic E-state index is 11.4. The van der Waals surface area contributed by atoms with Crippen molar-refractivity contribution < 1.29 is 9.90 Å². The van der Waals surface area contributed by atoms with Crippen LogP contribution in [0.2, 0.25) is 0 Å². The van der Waals surface area contributed by atoms with E-state index in [0.29, 0.717) is 18.2 Å². The molecule has 8 heteroatoms. The van der Waals surface area contributed by atoms with Crippen molar-refractivity contribution in [1.29, 1.82) is 0 Å². The van der Waals surface area contributed by atoms with E-state index in [-0.39, 0.29) is 0 Å². The zero-order chi connectivity index (χ0) is 13.9. The van der Waals surface area contributed by atoms with Gasteiger partial charge in [-0.15, -0.1) is 22.0 Å². The van der Waals surface area contributed by atoms with Gasteiger partial charge >= 0.3 is 5.97 Å². The standard InChI is InChI=1S/C12H13N3O2S3/c16-11(17)10-9(19-6-8-3-4-15(8)10)2-1-5-18-12-14-13-7-20-12/h1,5,7-8H,2-4,6H2,(H,16,17)/b5-1+. The van der Waals surface area contributed by atoms with Crippen molar-refractivity contribution in [3.8, 4) is 0 Å². The van der Waals surface area contributed by atoms with E-state index in [4.69, 9.17) is 0 Å². The van der Waals surface area contributed by atoms with E-state index < -0.39 is 5.97 Å². The Kier molecular flexibility index (Phi) is 4.32. The van der Waals surface area contributed by atoms with Crippen molar-refractivity contribution >= 4 is 40.8 Å². The van der Waals surface area contributed by atoms with Crippen LogP contribution < -0.4 is 0 Å². The minimum Gasteiger partial charge on any atom is -0.477 e. The van der Waals surface area contributed by atoms with E-state index in [0.717, 1.165) is 28.0 Å². The van der Waals surface area contributed by atoms with Crippen molar-refractivity contribution in [2.45, 2.75) is 23.2 Å². The first kappa shape index (κ1) is 14.0. The molecule has 3 rings (SSSR count). The SMILES string of the molecule is O=C(O)C1=C(C/C=C/Sc2nncs2)SCC2CCN12. The first-order chi connectivity index (χ1) is 9.75. The molecule has 1 N–H and O–H groups in total. The van der Waals surface area contributed by atoms with Gasteiger partial charge in [-0.2, -0.15) is 0 Å². The Morgan fingerprint density at radius 1 is 1.65 bits per heavy atom. The maximum absolute atomic E-state index is 11.4. The number of carboxylic acids is 1. The van der Waals surface area contributed by atoms with Gasteiger partial charge in [0.25, 0.3) is 0 Å². The van der Waals surface area contributed by atoms with Crippen molar-refractivity contribution in [3.05, 3.63) is 27.6 Å². The van der Waals surface area contributed by atoms with E-state index in [1.165, 1.54) is 23.1 Å². The van der Waals surface area contributed by atoms with Crippen LogP contribution in [0, 0.1) is 0 Å². The number of fused-ring (bicyclic) bond motifs is 1. The van der Waals surface area contributed by atoms with Gasteiger partial charge in [0.1, 0.15) is 11.2 Å². The zero-order valence-corrected chi connectivity index (χ0v) is 13.0. The molecule has 0 bridgehead atoms. The third kappa shape index (κ3) is 2.87. The van der Waals surface area contributed by atoms with Crippen LogP contribution in [0.25, 0.3) is 0 Å². The van der Waals surface area contributed by atoms with Crippen LogP contribution >= 0.6 is 34.9 Å². The van der Waals surface area contributed by atoms with Gasteiger partial charge in [0.2, 0.25) is 0 Å². The average Bonchev–Trinajstić information content (AvgIpc) is 2.89. The number of rotatable bonds is 5. The molecular weight excluding hydrogens is 314 g/mol. The monoisotopic (exact) mass is 327 g/mol. The summed E-state index contributed by atoms with van der Waals surface area (Å²) in [7, 11) is 0. The number of aliphatic carboxylic acids is 1. The minimum absolute atomic E-state index is 0.426. The number of nitrogens with zero attached hydrogens (tertiary/aromatic N) is 3. The summed E-state index contributed by atoms with van der Waals surface area (Å²) in [6.07, 6.45) is 3.78. The van der Waals surface area contributed by atoms with Gasteiger partial charge in [0.15, 0.2) is 4.34 Å². The summed E-state index contributed by atoms with van der Waals surface area (Å²) in [6, 6.07) is 0.426. The second-order valence-corrected chi connectivity index (χ2v) is 7.52. The molecular formula is C12H13N3O2S3. The maximum Gasteiger partial charge on any atom is 0.353 e. The van der Waals surface area contributed by atoms with Gasteiger partial charge in [0.05, 0.1) is 0 Å². The number of thioether (sulfide) groups is 2. The van der Waals surface area contributed by atoms with Crippen LogP contribution in [0.5, 0.6) is 0 Å². The van der Waals surface area contributed by atoms with Gasteiger partial charge in [-0.1, -0.05) is 29.2 Å². The number of allylic oxidation sites excluding steroid dienone is 2. The molecule has 2 aliphatic rings. The lowest BCUT2D eigenvalue weighted by Gasteiger charge is -2.46. The van der Waals surface area contributed by atoms with Crippen LogP contribution in [-0.2, 0) is 4.79 Å². The van der Waals surface area contributed by atoms with Crippen LogP contribution in [0.4, 0.5) is 0 Å². The second kappa shape index (κ2) is 6.19. The largest absolute Gasteiger partial charge is 0.477 e. The molecule has 1 aromatic rings. The summed E-state index contributed by atoms with van der Waals surface area (Å²) >= 11 is 4.69. The highest BCUT2D eigenvalue weighted by Crippen LogP contribution is 2.39. The fourth-order valence-corrected chi connectivity index (χ4v) is 4.70. The van der Waals surface area contributed by atoms with Crippen LogP contribution in [-0.4, -0.2) is 44.5 Å². The summed E-state index contributed by atoms with van der Waals surface area (Å²) in [5.41, 5.74) is 2.20. The Morgan fingerprint density at radius 3 is 3.20 bits per heavy atom. The molecule has 2 aliphatic heterocycles. The van der Waals surface area contributed by atoms with E-state index in [1.54, 1.807) is 17.3 Å². The molecule has 0 aliphatic carbocycles. The van der Waals surface area contributed by atoms with Crippen molar-refractivity contribution in [2.24, 2.45) is 0 Å². The normalized spacial score (nSPS) is 22.0. The van der Waals surface area contributed by atoms with E-state index >= 15 is 0 Å². The molecule has 106 valence electrons. The Hall–Kier alpha value is -0.990. The highest BCUT2D eigenvalue weighted by Gasteiger charge is 2.37. The number of aromatic nitrogens is 2. The predicted molar refractivity (Wildman–Crippen MR) is 81.8 cm³/mol. The molecule has 1 saturated heterocycles. The van der Waals surface area contributed by atoms with Gasteiger partial charge < -0.3 is 10.0 Å². The highest BCUT2D eigenvalue weighted by molar-refractivity contribution is 8.03. The number of carbonyl (C=O) groups is 1. The third-order valence-corrected chi connectivity index (χ3v) is 6.19. The average molecular weight is 327 g/mol. The lowest BCUT2D eigenvalue weighted by molar-refractivity contribution is -0.135. The molecule has 0 spiro atoms. The number of hydrogen-bond acceptors (Lipinski definition) is 7. The molecule has 20 heavy (non-hydrogen) atoms. The van der Waals surface area contributed by atoms with Crippen LogP contribution in [0.1, 0.15) is 12.8 Å². The Balaban J connectivity index is 1.65. The number of hydrogen-bond donors (Lipinski definition) is 1. The second-order valence-electron chi connectivity index (χ2n) is 4.42. The summed E-state index contributed by atoms with van der Waals surface area (Å²) in [4.78, 5) is 14.4. The van der Waals surface area contributed by atoms with Gasteiger partial charge in [-0.3, -0.25) is 0 Å². The first-order valence-electron chi connectivity index (χ1n) is 6.19. The number of carboxylic acid groups (broad SMARTS) is 1. The topological polar surface area (TPSA) is 66.3 Å². The molecule has 5 nitrogen and oxygen atoms in total. The van der Waals surface area contributed by atoms with E-state index in [2.05, 4.69) is 10.2 Å². The Labute approximate surface area is 129 Å². The Bertz CT molecular complexity index is 556. The molecule has 1 atom stereocenters. The third-order valence-electron chi connectivity index (χ3n) is 3.26. The molecule has 1 fully saturated rings. The molecule has 1 unspecified atom stereocenters. The predicted octanol–water partition coefficient (Wildman–Crippen LogP) is 2.65.